The van der Waals surface area contributed by atoms with E-state index in [1.807, 2.05) is 37.3 Å². The average Bonchev–Trinajstić information content (AvgIpc) is 2.39. The Hall–Kier alpha value is -0.0503. The van der Waals surface area contributed by atoms with Crippen molar-refractivity contribution in [3.8, 4) is 0 Å². The Kier molecular flexibility index (Phi) is 9.77. The van der Waals surface area contributed by atoms with Crippen molar-refractivity contribution in [1.29, 1.82) is 0 Å². The van der Waals surface area contributed by atoms with Crippen LogP contribution < -0.4 is 0 Å². The van der Waals surface area contributed by atoms with Gasteiger partial charge in [0.1, 0.15) is 0 Å². The Balaban J connectivity index is -0.00000108. The number of rotatable bonds is 8. The van der Waals surface area contributed by atoms with Crippen LogP contribution in [0.1, 0.15) is 60.8 Å². The molecule has 0 saturated heterocycles. The fourth-order valence-electron chi connectivity index (χ4n) is 2.26. The van der Waals surface area contributed by atoms with Crippen LogP contribution in [0.15, 0.2) is 30.3 Å². The van der Waals surface area contributed by atoms with Gasteiger partial charge in [0.2, 0.25) is 0 Å². The molecule has 1 rings (SSSR count). The van der Waals surface area contributed by atoms with E-state index in [1.54, 1.807) is 0 Å². The van der Waals surface area contributed by atoms with Gasteiger partial charge in [-0.1, -0.05) is 69.4 Å². The summed E-state index contributed by atoms with van der Waals surface area (Å²) in [6.07, 6.45) is 6.50. The largest absolute Gasteiger partial charge is 2.00 e. The van der Waals surface area contributed by atoms with Gasteiger partial charge in [0.05, 0.1) is 5.41 Å². The Morgan fingerprint density at radius 1 is 1.16 bits per heavy atom. The SMILES string of the molecule is CCCCCCCC(C)(C(=O)O)c1ccccc1.[Ca+2].[H-].[H-]. The second-order valence-electron chi connectivity index (χ2n) is 5.17. The first kappa shape index (κ1) is 18.9. The summed E-state index contributed by atoms with van der Waals surface area (Å²) in [5.41, 5.74) is 0.168. The third kappa shape index (κ3) is 5.85. The van der Waals surface area contributed by atoms with Crippen molar-refractivity contribution in [3.63, 3.8) is 0 Å². The number of carboxylic acid groups (broad SMARTS) is 1. The molecule has 3 heteroatoms. The fourth-order valence-corrected chi connectivity index (χ4v) is 2.26. The minimum absolute atomic E-state index is 0. The second kappa shape index (κ2) is 9.79. The predicted molar refractivity (Wildman–Crippen MR) is 82.8 cm³/mol. The molecule has 0 aliphatic heterocycles. The molecule has 1 atom stereocenters. The van der Waals surface area contributed by atoms with Crippen LogP contribution in [-0.4, -0.2) is 48.8 Å². The standard InChI is InChI=1S/C16H24O2.Ca.2H/c1-3-4-5-6-10-13-16(2,15(17)18)14-11-8-7-9-12-14;;;/h7-9,11-12H,3-6,10,13H2,1-2H3,(H,17,18);;;/q;+2;2*-1. The van der Waals surface area contributed by atoms with Gasteiger partial charge in [0, 0.05) is 0 Å². The van der Waals surface area contributed by atoms with Gasteiger partial charge in [0.25, 0.3) is 0 Å². The predicted octanol–water partition coefficient (Wildman–Crippen LogP) is 4.23. The van der Waals surface area contributed by atoms with Gasteiger partial charge in [-0.05, 0) is 18.9 Å². The summed E-state index contributed by atoms with van der Waals surface area (Å²) in [6.45, 7) is 4.02. The summed E-state index contributed by atoms with van der Waals surface area (Å²) < 4.78 is 0. The van der Waals surface area contributed by atoms with Crippen molar-refractivity contribution >= 4 is 43.7 Å². The Morgan fingerprint density at radius 2 is 1.74 bits per heavy atom. The molecule has 0 aliphatic rings. The number of hydrogen-bond donors (Lipinski definition) is 1. The van der Waals surface area contributed by atoms with Crippen LogP contribution in [-0.2, 0) is 10.2 Å². The maximum absolute atomic E-state index is 11.5. The van der Waals surface area contributed by atoms with E-state index < -0.39 is 11.4 Å². The fraction of sp³-hybridized carbons (Fsp3) is 0.562. The topological polar surface area (TPSA) is 37.3 Å². The minimum Gasteiger partial charge on any atom is -1.00 e. The van der Waals surface area contributed by atoms with Crippen molar-refractivity contribution in [2.24, 2.45) is 0 Å². The first-order chi connectivity index (χ1) is 8.61. The summed E-state index contributed by atoms with van der Waals surface area (Å²) >= 11 is 0. The smallest absolute Gasteiger partial charge is 1.00 e. The quantitative estimate of drug-likeness (QED) is 0.574. The van der Waals surface area contributed by atoms with E-state index in [2.05, 4.69) is 6.92 Å². The molecular formula is C16H26CaO2. The van der Waals surface area contributed by atoms with E-state index in [-0.39, 0.29) is 40.6 Å². The first-order valence-corrected chi connectivity index (χ1v) is 6.90. The zero-order valence-corrected chi connectivity index (χ0v) is 14.4. The van der Waals surface area contributed by atoms with Gasteiger partial charge in [-0.2, -0.15) is 0 Å². The number of carboxylic acids is 1. The number of aliphatic carboxylic acids is 1. The van der Waals surface area contributed by atoms with Crippen molar-refractivity contribution in [3.05, 3.63) is 35.9 Å². The Labute approximate surface area is 149 Å². The van der Waals surface area contributed by atoms with Gasteiger partial charge >= 0.3 is 43.7 Å². The zero-order valence-electron chi connectivity index (χ0n) is 14.2. The number of benzene rings is 1. The molecule has 19 heavy (non-hydrogen) atoms. The van der Waals surface area contributed by atoms with Crippen LogP contribution >= 0.6 is 0 Å². The third-order valence-electron chi connectivity index (χ3n) is 3.66. The molecule has 0 spiro atoms. The van der Waals surface area contributed by atoms with Crippen LogP contribution in [0, 0.1) is 0 Å². The molecule has 0 amide bonds. The summed E-state index contributed by atoms with van der Waals surface area (Å²) in [4.78, 5) is 11.5. The van der Waals surface area contributed by atoms with E-state index >= 15 is 0 Å². The monoisotopic (exact) mass is 290 g/mol. The van der Waals surface area contributed by atoms with Crippen molar-refractivity contribution in [2.75, 3.05) is 0 Å². The Morgan fingerprint density at radius 3 is 2.26 bits per heavy atom. The van der Waals surface area contributed by atoms with Crippen LogP contribution in [0.25, 0.3) is 0 Å². The van der Waals surface area contributed by atoms with Crippen molar-refractivity contribution < 1.29 is 12.8 Å². The summed E-state index contributed by atoms with van der Waals surface area (Å²) in [7, 11) is 0. The molecule has 104 valence electrons. The van der Waals surface area contributed by atoms with Crippen LogP contribution in [0.3, 0.4) is 0 Å². The molecule has 2 nitrogen and oxygen atoms in total. The number of hydrogen-bond acceptors (Lipinski definition) is 1. The van der Waals surface area contributed by atoms with Crippen LogP contribution in [0.5, 0.6) is 0 Å². The van der Waals surface area contributed by atoms with Gasteiger partial charge in [0.15, 0.2) is 0 Å². The third-order valence-corrected chi connectivity index (χ3v) is 3.66. The molecule has 0 saturated carbocycles. The average molecular weight is 290 g/mol. The molecule has 1 N–H and O–H groups in total. The van der Waals surface area contributed by atoms with Crippen LogP contribution in [0.4, 0.5) is 0 Å². The Bertz CT molecular complexity index is 374. The normalized spacial score (nSPS) is 13.4. The van der Waals surface area contributed by atoms with E-state index in [0.29, 0.717) is 0 Å². The van der Waals surface area contributed by atoms with Gasteiger partial charge in [-0.3, -0.25) is 4.79 Å². The van der Waals surface area contributed by atoms with E-state index in [9.17, 15) is 9.90 Å². The number of carbonyl (C=O) groups is 1. The molecule has 1 unspecified atom stereocenters. The van der Waals surface area contributed by atoms with E-state index in [0.717, 1.165) is 24.8 Å². The van der Waals surface area contributed by atoms with Crippen LogP contribution in [0.2, 0.25) is 0 Å². The summed E-state index contributed by atoms with van der Waals surface area (Å²) in [5.74, 6) is -0.718. The summed E-state index contributed by atoms with van der Waals surface area (Å²) in [6, 6.07) is 9.58. The second-order valence-corrected chi connectivity index (χ2v) is 5.17. The maximum atomic E-state index is 11.5. The molecule has 0 fully saturated rings. The van der Waals surface area contributed by atoms with Gasteiger partial charge in [-0.25, -0.2) is 0 Å². The molecule has 0 aromatic heterocycles. The van der Waals surface area contributed by atoms with E-state index in [4.69, 9.17) is 0 Å². The first-order valence-electron chi connectivity index (χ1n) is 6.90. The zero-order chi connectivity index (χ0) is 13.4. The molecule has 0 radical (unpaired) electrons. The van der Waals surface area contributed by atoms with E-state index in [1.165, 1.54) is 19.3 Å². The molecule has 0 bridgehead atoms. The molecule has 1 aromatic carbocycles. The minimum atomic E-state index is -0.743. The van der Waals surface area contributed by atoms with Crippen molar-refractivity contribution in [2.45, 2.75) is 57.8 Å². The molecule has 0 heterocycles. The maximum Gasteiger partial charge on any atom is 2.00 e. The van der Waals surface area contributed by atoms with Gasteiger partial charge in [-0.15, -0.1) is 0 Å². The molecule has 0 aliphatic carbocycles. The molecular weight excluding hydrogens is 264 g/mol. The van der Waals surface area contributed by atoms with Gasteiger partial charge < -0.3 is 7.96 Å². The molecule has 1 aromatic rings. The summed E-state index contributed by atoms with van der Waals surface area (Å²) in [5, 5.41) is 9.49. The number of unbranched alkanes of at least 4 members (excludes halogenated alkanes) is 4. The van der Waals surface area contributed by atoms with Crippen molar-refractivity contribution in [1.82, 2.24) is 0 Å².